The Balaban J connectivity index is 1.60. The lowest BCUT2D eigenvalue weighted by atomic mass is 9.98. The number of carbonyl (C=O) groups is 1. The van der Waals surface area contributed by atoms with E-state index in [0.717, 1.165) is 18.4 Å². The molecule has 1 aromatic carbocycles. The van der Waals surface area contributed by atoms with Crippen molar-refractivity contribution in [1.82, 2.24) is 18.8 Å². The van der Waals surface area contributed by atoms with Gasteiger partial charge >= 0.3 is 0 Å². The van der Waals surface area contributed by atoms with Gasteiger partial charge in [-0.25, -0.2) is 13.4 Å². The second-order valence-electron chi connectivity index (χ2n) is 7.79. The molecule has 0 spiro atoms. The Hall–Kier alpha value is -2.19. The summed E-state index contributed by atoms with van der Waals surface area (Å²) in [6.07, 6.45) is 3.77. The second-order valence-corrected chi connectivity index (χ2v) is 9.67. The van der Waals surface area contributed by atoms with Gasteiger partial charge in [0.05, 0.1) is 0 Å². The SMILES string of the molecule is Cc1nc(S(=O)(=O)N2CC3CCCC(=O)N(Cc4ccccc4)C3C2)cn1C. The van der Waals surface area contributed by atoms with Gasteiger partial charge in [-0.2, -0.15) is 4.31 Å². The standard InChI is InChI=1S/C20H26N4O3S/c1-15-21-19(14-22(15)2)28(26,27)23-12-17-9-6-10-20(25)24(18(17)13-23)11-16-7-4-3-5-8-16/h3-5,7-8,14,17-18H,6,9-13H2,1-2H3. The number of benzene rings is 1. The van der Waals surface area contributed by atoms with Crippen LogP contribution in [0.1, 0.15) is 30.7 Å². The highest BCUT2D eigenvalue weighted by Gasteiger charge is 2.45. The molecule has 7 nitrogen and oxygen atoms in total. The molecular formula is C20H26N4O3S. The highest BCUT2D eigenvalue weighted by Crippen LogP contribution is 2.34. The molecule has 2 atom stereocenters. The van der Waals surface area contributed by atoms with Crippen LogP contribution in [0.25, 0.3) is 0 Å². The maximum atomic E-state index is 13.1. The molecule has 1 aromatic heterocycles. The fourth-order valence-electron chi connectivity index (χ4n) is 4.26. The zero-order valence-corrected chi connectivity index (χ0v) is 17.1. The van der Waals surface area contributed by atoms with Gasteiger partial charge in [-0.15, -0.1) is 0 Å². The van der Waals surface area contributed by atoms with E-state index in [1.807, 2.05) is 35.2 Å². The zero-order chi connectivity index (χ0) is 19.9. The van der Waals surface area contributed by atoms with Gasteiger partial charge in [0.15, 0.2) is 5.03 Å². The maximum absolute atomic E-state index is 13.1. The van der Waals surface area contributed by atoms with Crippen LogP contribution < -0.4 is 0 Å². The number of nitrogens with zero attached hydrogens (tertiary/aromatic N) is 4. The fourth-order valence-corrected chi connectivity index (χ4v) is 5.80. The molecule has 1 amide bonds. The molecule has 2 aromatic rings. The summed E-state index contributed by atoms with van der Waals surface area (Å²) in [5.41, 5.74) is 1.07. The van der Waals surface area contributed by atoms with E-state index in [4.69, 9.17) is 0 Å². The van der Waals surface area contributed by atoms with E-state index in [0.29, 0.717) is 31.9 Å². The molecule has 2 unspecified atom stereocenters. The van der Waals surface area contributed by atoms with Gasteiger partial charge in [-0.3, -0.25) is 4.79 Å². The lowest BCUT2D eigenvalue weighted by Crippen LogP contribution is -2.43. The summed E-state index contributed by atoms with van der Waals surface area (Å²) < 4.78 is 29.5. The third-order valence-electron chi connectivity index (χ3n) is 5.95. The number of aryl methyl sites for hydroxylation is 2. The Labute approximate surface area is 166 Å². The number of aromatic nitrogens is 2. The Morgan fingerprint density at radius 2 is 1.93 bits per heavy atom. The number of hydrogen-bond donors (Lipinski definition) is 0. The van der Waals surface area contributed by atoms with E-state index in [9.17, 15) is 13.2 Å². The Bertz CT molecular complexity index is 951. The van der Waals surface area contributed by atoms with E-state index >= 15 is 0 Å². The van der Waals surface area contributed by atoms with Crippen molar-refractivity contribution in [1.29, 1.82) is 0 Å². The molecule has 2 aliphatic heterocycles. The number of likely N-dealkylation sites (tertiary alicyclic amines) is 1. The molecule has 2 aliphatic rings. The minimum Gasteiger partial charge on any atom is -0.337 e. The van der Waals surface area contributed by atoms with E-state index in [1.54, 1.807) is 24.7 Å². The highest BCUT2D eigenvalue weighted by molar-refractivity contribution is 7.89. The minimum absolute atomic E-state index is 0.0879. The summed E-state index contributed by atoms with van der Waals surface area (Å²) in [6, 6.07) is 9.80. The summed E-state index contributed by atoms with van der Waals surface area (Å²) in [5, 5.41) is 0.0879. The van der Waals surface area contributed by atoms with Crippen LogP contribution >= 0.6 is 0 Å². The molecule has 3 heterocycles. The van der Waals surface area contributed by atoms with Crippen molar-refractivity contribution >= 4 is 15.9 Å². The van der Waals surface area contributed by atoms with Gasteiger partial charge < -0.3 is 9.47 Å². The van der Waals surface area contributed by atoms with Crippen LogP contribution in [0.4, 0.5) is 0 Å². The predicted molar refractivity (Wildman–Crippen MR) is 105 cm³/mol. The van der Waals surface area contributed by atoms with E-state index in [-0.39, 0.29) is 22.9 Å². The van der Waals surface area contributed by atoms with Crippen LogP contribution in [-0.4, -0.2) is 52.2 Å². The molecule has 2 saturated heterocycles. The topological polar surface area (TPSA) is 75.5 Å². The van der Waals surface area contributed by atoms with Crippen LogP contribution in [0, 0.1) is 12.8 Å². The molecule has 8 heteroatoms. The van der Waals surface area contributed by atoms with Crippen molar-refractivity contribution in [2.75, 3.05) is 13.1 Å². The monoisotopic (exact) mass is 402 g/mol. The number of amides is 1. The van der Waals surface area contributed by atoms with Crippen LogP contribution in [0.15, 0.2) is 41.6 Å². The van der Waals surface area contributed by atoms with Crippen molar-refractivity contribution in [3.63, 3.8) is 0 Å². The fraction of sp³-hybridized carbons (Fsp3) is 0.500. The van der Waals surface area contributed by atoms with Crippen molar-refractivity contribution in [2.45, 2.75) is 43.8 Å². The minimum atomic E-state index is -3.66. The molecule has 4 rings (SSSR count). The molecular weight excluding hydrogens is 376 g/mol. The Kier molecular flexibility index (Phi) is 5.01. The van der Waals surface area contributed by atoms with E-state index in [1.165, 1.54) is 4.31 Å². The van der Waals surface area contributed by atoms with Crippen LogP contribution in [0.2, 0.25) is 0 Å². The normalized spacial score (nSPS) is 23.6. The van der Waals surface area contributed by atoms with Crippen molar-refractivity contribution < 1.29 is 13.2 Å². The summed E-state index contributed by atoms with van der Waals surface area (Å²) in [7, 11) is -1.87. The largest absolute Gasteiger partial charge is 0.337 e. The first-order valence-corrected chi connectivity index (χ1v) is 11.1. The Morgan fingerprint density at radius 1 is 1.18 bits per heavy atom. The van der Waals surface area contributed by atoms with E-state index < -0.39 is 10.0 Å². The summed E-state index contributed by atoms with van der Waals surface area (Å²) >= 11 is 0. The first-order valence-electron chi connectivity index (χ1n) is 9.70. The number of carbonyl (C=O) groups excluding carboxylic acids is 1. The highest BCUT2D eigenvalue weighted by atomic mass is 32.2. The first-order chi connectivity index (χ1) is 13.4. The number of sulfonamides is 1. The average molecular weight is 403 g/mol. The van der Waals surface area contributed by atoms with Crippen molar-refractivity contribution in [3.8, 4) is 0 Å². The van der Waals surface area contributed by atoms with Gasteiger partial charge in [0.25, 0.3) is 10.0 Å². The summed E-state index contributed by atoms with van der Waals surface area (Å²) in [4.78, 5) is 18.9. The van der Waals surface area contributed by atoms with Gasteiger partial charge in [-0.05, 0) is 31.2 Å². The molecule has 0 bridgehead atoms. The average Bonchev–Trinajstić information content (AvgIpc) is 3.21. The molecule has 2 fully saturated rings. The third-order valence-corrected chi connectivity index (χ3v) is 7.65. The Morgan fingerprint density at radius 3 is 2.61 bits per heavy atom. The number of rotatable bonds is 4. The number of fused-ring (bicyclic) bond motifs is 1. The van der Waals surface area contributed by atoms with Crippen LogP contribution in [0.5, 0.6) is 0 Å². The molecule has 0 radical (unpaired) electrons. The quantitative estimate of drug-likeness (QED) is 0.783. The van der Waals surface area contributed by atoms with Crippen molar-refractivity contribution in [3.05, 3.63) is 47.9 Å². The van der Waals surface area contributed by atoms with E-state index in [2.05, 4.69) is 4.98 Å². The molecule has 28 heavy (non-hydrogen) atoms. The molecule has 0 N–H and O–H groups in total. The van der Waals surface area contributed by atoms with Gasteiger partial charge in [0.1, 0.15) is 5.82 Å². The first kappa shape index (κ1) is 19.1. The lowest BCUT2D eigenvalue weighted by Gasteiger charge is -2.30. The molecule has 0 aliphatic carbocycles. The lowest BCUT2D eigenvalue weighted by molar-refractivity contribution is -0.133. The maximum Gasteiger partial charge on any atom is 0.262 e. The summed E-state index contributed by atoms with van der Waals surface area (Å²) in [5.74, 6) is 0.937. The zero-order valence-electron chi connectivity index (χ0n) is 16.3. The van der Waals surface area contributed by atoms with Crippen LogP contribution in [0.3, 0.4) is 0 Å². The smallest absolute Gasteiger partial charge is 0.262 e. The van der Waals surface area contributed by atoms with Crippen molar-refractivity contribution in [2.24, 2.45) is 13.0 Å². The number of hydrogen-bond acceptors (Lipinski definition) is 4. The van der Waals surface area contributed by atoms with Crippen LogP contribution in [-0.2, 0) is 28.4 Å². The molecule has 150 valence electrons. The number of imidazole rings is 1. The van der Waals surface area contributed by atoms with Gasteiger partial charge in [0.2, 0.25) is 5.91 Å². The molecule has 0 saturated carbocycles. The second kappa shape index (κ2) is 7.33. The van der Waals surface area contributed by atoms with Gasteiger partial charge in [-0.1, -0.05) is 30.3 Å². The van der Waals surface area contributed by atoms with Gasteiger partial charge in [0, 0.05) is 45.3 Å². The third kappa shape index (κ3) is 3.46. The predicted octanol–water partition coefficient (Wildman–Crippen LogP) is 1.93. The summed E-state index contributed by atoms with van der Waals surface area (Å²) in [6.45, 7) is 3.09.